The lowest BCUT2D eigenvalue weighted by Crippen LogP contribution is -2.30. The molecule has 0 aliphatic carbocycles. The van der Waals surface area contributed by atoms with E-state index in [0.717, 1.165) is 5.56 Å². The van der Waals surface area contributed by atoms with Crippen molar-refractivity contribution in [1.82, 2.24) is 10.3 Å². The van der Waals surface area contributed by atoms with E-state index in [1.807, 2.05) is 36.4 Å². The topological polar surface area (TPSA) is 85.7 Å². The minimum Gasteiger partial charge on any atom is -0.362 e. The lowest BCUT2D eigenvalue weighted by molar-refractivity contribution is 0.872. The molecule has 0 radical (unpaired) electrons. The number of hydrogen-bond acceptors (Lipinski definition) is 3. The maximum Gasteiger partial charge on any atom is 0.171 e. The van der Waals surface area contributed by atoms with Gasteiger partial charge in [0.25, 0.3) is 0 Å². The Kier molecular flexibility index (Phi) is 5.51. The molecule has 21 heavy (non-hydrogen) atoms. The molecule has 0 aliphatic heterocycles. The monoisotopic (exact) mass is 298 g/mol. The van der Waals surface area contributed by atoms with Crippen LogP contribution in [0.3, 0.4) is 0 Å². The molecule has 0 amide bonds. The molecule has 1 heterocycles. The first-order valence-corrected chi connectivity index (χ1v) is 6.79. The first kappa shape index (κ1) is 14.8. The summed E-state index contributed by atoms with van der Waals surface area (Å²) in [4.78, 5) is 6.95. The molecule has 0 bridgehead atoms. The van der Waals surface area contributed by atoms with Gasteiger partial charge in [0.1, 0.15) is 5.82 Å². The van der Waals surface area contributed by atoms with Gasteiger partial charge >= 0.3 is 0 Å². The van der Waals surface area contributed by atoms with Gasteiger partial charge in [-0.15, -0.1) is 0 Å². The predicted octanol–water partition coefficient (Wildman–Crippen LogP) is 3.55. The standard InChI is InChI=1S/C14H14N6S/c15-20-19-12-6-2-1-5-11(12)8-10-17-14(21)18-13-7-3-4-9-16-13/h1-7,9H,8,10H2,(H2,16,17,18,21). The molecule has 0 spiro atoms. The maximum atomic E-state index is 8.53. The summed E-state index contributed by atoms with van der Waals surface area (Å²) < 4.78 is 0. The van der Waals surface area contributed by atoms with Gasteiger partial charge in [-0.1, -0.05) is 35.4 Å². The van der Waals surface area contributed by atoms with Gasteiger partial charge < -0.3 is 10.6 Å². The third-order valence-electron chi connectivity index (χ3n) is 2.73. The van der Waals surface area contributed by atoms with Crippen LogP contribution in [0.2, 0.25) is 0 Å². The first-order chi connectivity index (χ1) is 10.3. The lowest BCUT2D eigenvalue weighted by Gasteiger charge is -2.10. The summed E-state index contributed by atoms with van der Waals surface area (Å²) in [5, 5.41) is 10.3. The van der Waals surface area contributed by atoms with Crippen LogP contribution in [-0.2, 0) is 6.42 Å². The molecule has 6 nitrogen and oxygen atoms in total. The number of rotatable bonds is 5. The van der Waals surface area contributed by atoms with Gasteiger partial charge in [-0.25, -0.2) is 4.98 Å². The SMILES string of the molecule is [N-]=[N+]=Nc1ccccc1CCNC(=S)Nc1ccccn1. The van der Waals surface area contributed by atoms with Crippen LogP contribution in [-0.4, -0.2) is 16.6 Å². The molecule has 0 aliphatic rings. The third kappa shape index (κ3) is 4.76. The van der Waals surface area contributed by atoms with Gasteiger partial charge in [-0.05, 0) is 41.9 Å². The molecule has 2 rings (SSSR count). The summed E-state index contributed by atoms with van der Waals surface area (Å²) in [7, 11) is 0. The molecule has 2 N–H and O–H groups in total. The molecule has 1 aromatic carbocycles. The molecule has 0 saturated heterocycles. The highest BCUT2D eigenvalue weighted by Gasteiger charge is 2.01. The number of azide groups is 1. The van der Waals surface area contributed by atoms with Crippen molar-refractivity contribution in [2.45, 2.75) is 6.42 Å². The number of pyridine rings is 1. The zero-order chi connectivity index (χ0) is 14.9. The van der Waals surface area contributed by atoms with E-state index in [4.69, 9.17) is 17.7 Å². The fourth-order valence-electron chi connectivity index (χ4n) is 1.78. The van der Waals surface area contributed by atoms with E-state index >= 15 is 0 Å². The lowest BCUT2D eigenvalue weighted by atomic mass is 10.1. The van der Waals surface area contributed by atoms with Crippen molar-refractivity contribution >= 4 is 28.8 Å². The minimum absolute atomic E-state index is 0.509. The smallest absolute Gasteiger partial charge is 0.171 e. The van der Waals surface area contributed by atoms with Crippen LogP contribution in [0.5, 0.6) is 0 Å². The number of nitrogens with zero attached hydrogens (tertiary/aromatic N) is 4. The van der Waals surface area contributed by atoms with Crippen LogP contribution >= 0.6 is 12.2 Å². The number of nitrogens with one attached hydrogen (secondary N) is 2. The fraction of sp³-hybridized carbons (Fsp3) is 0.143. The Morgan fingerprint density at radius 3 is 2.81 bits per heavy atom. The fourth-order valence-corrected chi connectivity index (χ4v) is 1.98. The summed E-state index contributed by atoms with van der Waals surface area (Å²) >= 11 is 5.19. The molecule has 7 heteroatoms. The minimum atomic E-state index is 0.509. The second-order valence-electron chi connectivity index (χ2n) is 4.16. The summed E-state index contributed by atoms with van der Waals surface area (Å²) in [5.74, 6) is 0.699. The Morgan fingerprint density at radius 2 is 2.05 bits per heavy atom. The number of hydrogen-bond donors (Lipinski definition) is 2. The van der Waals surface area contributed by atoms with Crippen molar-refractivity contribution < 1.29 is 0 Å². The summed E-state index contributed by atoms with van der Waals surface area (Å²) in [5.41, 5.74) is 10.1. The average molecular weight is 298 g/mol. The van der Waals surface area contributed by atoms with Crippen molar-refractivity contribution in [3.8, 4) is 0 Å². The Balaban J connectivity index is 1.84. The van der Waals surface area contributed by atoms with E-state index in [-0.39, 0.29) is 0 Å². The van der Waals surface area contributed by atoms with Crippen LogP contribution in [0, 0.1) is 0 Å². The van der Waals surface area contributed by atoms with E-state index in [1.165, 1.54) is 0 Å². The van der Waals surface area contributed by atoms with Gasteiger partial charge in [-0.3, -0.25) is 0 Å². The van der Waals surface area contributed by atoms with Gasteiger partial charge in [-0.2, -0.15) is 0 Å². The second kappa shape index (κ2) is 7.84. The van der Waals surface area contributed by atoms with E-state index in [0.29, 0.717) is 29.6 Å². The van der Waals surface area contributed by atoms with Crippen LogP contribution in [0.4, 0.5) is 11.5 Å². The van der Waals surface area contributed by atoms with Gasteiger partial charge in [0.05, 0.1) is 0 Å². The summed E-state index contributed by atoms with van der Waals surface area (Å²) in [6, 6.07) is 13.0. The summed E-state index contributed by atoms with van der Waals surface area (Å²) in [6.45, 7) is 0.636. The van der Waals surface area contributed by atoms with E-state index in [2.05, 4.69) is 25.6 Å². The molecule has 0 saturated carbocycles. The Hall–Kier alpha value is -2.63. The van der Waals surface area contributed by atoms with Crippen molar-refractivity contribution in [2.75, 3.05) is 11.9 Å². The zero-order valence-electron chi connectivity index (χ0n) is 11.2. The molecule has 106 valence electrons. The van der Waals surface area contributed by atoms with Crippen LogP contribution in [0.1, 0.15) is 5.56 Å². The highest BCUT2D eigenvalue weighted by atomic mass is 32.1. The van der Waals surface area contributed by atoms with Crippen LogP contribution in [0.25, 0.3) is 10.4 Å². The number of anilines is 1. The molecule has 2 aromatic rings. The van der Waals surface area contributed by atoms with Crippen molar-refractivity contribution in [3.63, 3.8) is 0 Å². The Morgan fingerprint density at radius 1 is 1.24 bits per heavy atom. The highest BCUT2D eigenvalue weighted by Crippen LogP contribution is 2.18. The molecule has 0 atom stereocenters. The molecule has 1 aromatic heterocycles. The summed E-state index contributed by atoms with van der Waals surface area (Å²) in [6.07, 6.45) is 2.40. The van der Waals surface area contributed by atoms with Crippen molar-refractivity contribution in [2.24, 2.45) is 5.11 Å². The Bertz CT molecular complexity index is 652. The molecular formula is C14H14N6S. The quantitative estimate of drug-likeness (QED) is 0.382. The number of benzene rings is 1. The van der Waals surface area contributed by atoms with Gasteiger partial charge in [0.15, 0.2) is 5.11 Å². The second-order valence-corrected chi connectivity index (χ2v) is 4.57. The van der Waals surface area contributed by atoms with E-state index in [9.17, 15) is 0 Å². The molecule has 0 fully saturated rings. The highest BCUT2D eigenvalue weighted by molar-refractivity contribution is 7.80. The zero-order valence-corrected chi connectivity index (χ0v) is 12.0. The normalized spacial score (nSPS) is 9.52. The largest absolute Gasteiger partial charge is 0.362 e. The van der Waals surface area contributed by atoms with Gasteiger partial charge in [0, 0.05) is 23.3 Å². The Labute approximate surface area is 127 Å². The molecule has 0 unspecified atom stereocenters. The third-order valence-corrected chi connectivity index (χ3v) is 2.98. The van der Waals surface area contributed by atoms with Gasteiger partial charge in [0.2, 0.25) is 0 Å². The van der Waals surface area contributed by atoms with Crippen LogP contribution < -0.4 is 10.6 Å². The first-order valence-electron chi connectivity index (χ1n) is 6.38. The number of aromatic nitrogens is 1. The maximum absolute atomic E-state index is 8.53. The number of thiocarbonyl (C=S) groups is 1. The molecular weight excluding hydrogens is 284 g/mol. The van der Waals surface area contributed by atoms with E-state index < -0.39 is 0 Å². The van der Waals surface area contributed by atoms with Crippen molar-refractivity contribution in [3.05, 3.63) is 64.7 Å². The predicted molar refractivity (Wildman–Crippen MR) is 87.4 cm³/mol. The average Bonchev–Trinajstić information content (AvgIpc) is 2.50. The van der Waals surface area contributed by atoms with Crippen molar-refractivity contribution in [1.29, 1.82) is 0 Å². The van der Waals surface area contributed by atoms with Crippen LogP contribution in [0.15, 0.2) is 53.8 Å². The van der Waals surface area contributed by atoms with E-state index in [1.54, 1.807) is 12.3 Å².